The molecule has 0 atom stereocenters. The van der Waals surface area contributed by atoms with E-state index in [1.165, 1.54) is 16.0 Å². The molecule has 0 spiro atoms. The van der Waals surface area contributed by atoms with E-state index in [9.17, 15) is 5.11 Å². The van der Waals surface area contributed by atoms with E-state index in [1.807, 2.05) is 12.1 Å². The van der Waals surface area contributed by atoms with Crippen LogP contribution in [0.2, 0.25) is 0 Å². The molecule has 0 bridgehead atoms. The van der Waals surface area contributed by atoms with Gasteiger partial charge in [-0.2, -0.15) is 0 Å². The van der Waals surface area contributed by atoms with Crippen molar-refractivity contribution >= 4 is 11.8 Å². The molecule has 0 aliphatic rings. The van der Waals surface area contributed by atoms with Gasteiger partial charge in [0.15, 0.2) is 0 Å². The summed E-state index contributed by atoms with van der Waals surface area (Å²) < 4.78 is 0. The van der Waals surface area contributed by atoms with Crippen LogP contribution in [-0.4, -0.2) is 11.4 Å². The molecule has 82 valence electrons. The zero-order chi connectivity index (χ0) is 11.5. The first-order chi connectivity index (χ1) is 7.70. The number of rotatable bonds is 2. The third kappa shape index (κ3) is 2.22. The Kier molecular flexibility index (Phi) is 3.20. The fraction of sp³-hybridized carbons (Fsp3) is 0.143. The van der Waals surface area contributed by atoms with Gasteiger partial charge in [0, 0.05) is 4.90 Å². The van der Waals surface area contributed by atoms with Crippen molar-refractivity contribution in [2.45, 2.75) is 11.8 Å². The largest absolute Gasteiger partial charge is 0.508 e. The van der Waals surface area contributed by atoms with Crippen molar-refractivity contribution in [3.63, 3.8) is 0 Å². The second kappa shape index (κ2) is 4.62. The monoisotopic (exact) mass is 230 g/mol. The van der Waals surface area contributed by atoms with Crippen molar-refractivity contribution in [2.24, 2.45) is 0 Å². The Labute approximate surface area is 100 Å². The zero-order valence-corrected chi connectivity index (χ0v) is 10.2. The van der Waals surface area contributed by atoms with Gasteiger partial charge in [-0.15, -0.1) is 11.8 Å². The molecular formula is C14H14OS. The summed E-state index contributed by atoms with van der Waals surface area (Å²) in [6.07, 6.45) is 2.07. The lowest BCUT2D eigenvalue weighted by molar-refractivity contribution is 0.475. The number of hydrogen-bond donors (Lipinski definition) is 1. The van der Waals surface area contributed by atoms with Gasteiger partial charge in [0.1, 0.15) is 5.75 Å². The van der Waals surface area contributed by atoms with Crippen LogP contribution in [0.4, 0.5) is 0 Å². The SMILES string of the molecule is CSc1ccc(C)c(-c2ccc(O)cc2)c1. The summed E-state index contributed by atoms with van der Waals surface area (Å²) in [6.45, 7) is 2.10. The number of benzene rings is 2. The average Bonchev–Trinajstić information content (AvgIpc) is 2.31. The topological polar surface area (TPSA) is 20.2 Å². The van der Waals surface area contributed by atoms with Gasteiger partial charge in [0.25, 0.3) is 0 Å². The molecule has 2 heteroatoms. The quantitative estimate of drug-likeness (QED) is 0.784. The molecule has 0 unspecified atom stereocenters. The smallest absolute Gasteiger partial charge is 0.115 e. The summed E-state index contributed by atoms with van der Waals surface area (Å²) in [6, 6.07) is 13.8. The molecule has 2 aromatic carbocycles. The molecule has 2 rings (SSSR count). The first-order valence-corrected chi connectivity index (χ1v) is 6.37. The van der Waals surface area contributed by atoms with Gasteiger partial charge in [0.2, 0.25) is 0 Å². The third-order valence-corrected chi connectivity index (χ3v) is 3.35. The molecule has 0 aliphatic carbocycles. The Morgan fingerprint density at radius 1 is 1.00 bits per heavy atom. The number of aryl methyl sites for hydroxylation is 1. The van der Waals surface area contributed by atoms with Crippen LogP contribution in [-0.2, 0) is 0 Å². The number of hydrogen-bond acceptors (Lipinski definition) is 2. The molecule has 16 heavy (non-hydrogen) atoms. The Hall–Kier alpha value is -1.41. The van der Waals surface area contributed by atoms with E-state index in [1.54, 1.807) is 23.9 Å². The summed E-state index contributed by atoms with van der Waals surface area (Å²) in [7, 11) is 0. The Bertz CT molecular complexity index is 489. The van der Waals surface area contributed by atoms with Crippen LogP contribution in [0.5, 0.6) is 5.75 Å². The molecule has 0 amide bonds. The van der Waals surface area contributed by atoms with Crippen molar-refractivity contribution < 1.29 is 5.11 Å². The van der Waals surface area contributed by atoms with Crippen molar-refractivity contribution in [3.05, 3.63) is 48.0 Å². The molecule has 1 nitrogen and oxygen atoms in total. The van der Waals surface area contributed by atoms with Crippen molar-refractivity contribution in [1.29, 1.82) is 0 Å². The maximum Gasteiger partial charge on any atom is 0.115 e. The van der Waals surface area contributed by atoms with Crippen molar-refractivity contribution in [2.75, 3.05) is 6.26 Å². The lowest BCUT2D eigenvalue weighted by Crippen LogP contribution is -1.83. The molecular weight excluding hydrogens is 216 g/mol. The fourth-order valence-corrected chi connectivity index (χ4v) is 2.12. The molecule has 1 N–H and O–H groups in total. The molecule has 0 saturated carbocycles. The van der Waals surface area contributed by atoms with E-state index in [-0.39, 0.29) is 0 Å². The summed E-state index contributed by atoms with van der Waals surface area (Å²) in [4.78, 5) is 1.26. The van der Waals surface area contributed by atoms with Crippen LogP contribution in [0, 0.1) is 6.92 Å². The first kappa shape index (κ1) is 11.1. The second-order valence-electron chi connectivity index (χ2n) is 3.73. The maximum absolute atomic E-state index is 9.27. The zero-order valence-electron chi connectivity index (χ0n) is 9.40. The van der Waals surface area contributed by atoms with E-state index in [0.29, 0.717) is 5.75 Å². The number of aromatic hydroxyl groups is 1. The van der Waals surface area contributed by atoms with Gasteiger partial charge >= 0.3 is 0 Å². The van der Waals surface area contributed by atoms with Crippen LogP contribution in [0.3, 0.4) is 0 Å². The van der Waals surface area contributed by atoms with Crippen molar-refractivity contribution in [3.8, 4) is 16.9 Å². The predicted molar refractivity (Wildman–Crippen MR) is 70.1 cm³/mol. The fourth-order valence-electron chi connectivity index (χ4n) is 1.68. The van der Waals surface area contributed by atoms with E-state index in [4.69, 9.17) is 0 Å². The minimum Gasteiger partial charge on any atom is -0.508 e. The Balaban J connectivity index is 2.50. The van der Waals surface area contributed by atoms with Gasteiger partial charge in [-0.1, -0.05) is 18.2 Å². The normalized spacial score (nSPS) is 10.4. The summed E-state index contributed by atoms with van der Waals surface area (Å²) in [5.74, 6) is 0.308. The summed E-state index contributed by atoms with van der Waals surface area (Å²) in [5, 5.41) is 9.27. The molecule has 2 aromatic rings. The number of thioether (sulfide) groups is 1. The molecule has 0 saturated heterocycles. The van der Waals surface area contributed by atoms with Crippen molar-refractivity contribution in [1.82, 2.24) is 0 Å². The Morgan fingerprint density at radius 3 is 2.31 bits per heavy atom. The lowest BCUT2D eigenvalue weighted by Gasteiger charge is -2.08. The highest BCUT2D eigenvalue weighted by atomic mass is 32.2. The molecule has 0 radical (unpaired) electrons. The van der Waals surface area contributed by atoms with Gasteiger partial charge in [-0.3, -0.25) is 0 Å². The van der Waals surface area contributed by atoms with Gasteiger partial charge < -0.3 is 5.11 Å². The molecule has 0 heterocycles. The standard InChI is InChI=1S/C14H14OS/c1-10-3-8-13(16-2)9-14(10)11-4-6-12(15)7-5-11/h3-9,15H,1-2H3. The average molecular weight is 230 g/mol. The van der Waals surface area contributed by atoms with Crippen LogP contribution >= 0.6 is 11.8 Å². The van der Waals surface area contributed by atoms with Gasteiger partial charge in [-0.05, 0) is 54.1 Å². The minimum absolute atomic E-state index is 0.308. The van der Waals surface area contributed by atoms with Crippen LogP contribution in [0.25, 0.3) is 11.1 Å². The highest BCUT2D eigenvalue weighted by molar-refractivity contribution is 7.98. The molecule has 0 aliphatic heterocycles. The van der Waals surface area contributed by atoms with Crippen LogP contribution in [0.1, 0.15) is 5.56 Å². The van der Waals surface area contributed by atoms with E-state index < -0.39 is 0 Å². The summed E-state index contributed by atoms with van der Waals surface area (Å²) >= 11 is 1.74. The van der Waals surface area contributed by atoms with Gasteiger partial charge in [-0.25, -0.2) is 0 Å². The predicted octanol–water partition coefficient (Wildman–Crippen LogP) is 4.09. The highest BCUT2D eigenvalue weighted by Gasteiger charge is 2.03. The van der Waals surface area contributed by atoms with E-state index in [2.05, 4.69) is 31.4 Å². The van der Waals surface area contributed by atoms with Gasteiger partial charge in [0.05, 0.1) is 0 Å². The summed E-state index contributed by atoms with van der Waals surface area (Å²) in [5.41, 5.74) is 3.63. The van der Waals surface area contributed by atoms with E-state index in [0.717, 1.165) is 5.56 Å². The lowest BCUT2D eigenvalue weighted by atomic mass is 10.0. The van der Waals surface area contributed by atoms with Crippen LogP contribution < -0.4 is 0 Å². The first-order valence-electron chi connectivity index (χ1n) is 5.15. The third-order valence-electron chi connectivity index (χ3n) is 2.62. The number of phenolic OH excluding ortho intramolecular Hbond substituents is 1. The number of phenols is 1. The molecule has 0 aromatic heterocycles. The Morgan fingerprint density at radius 2 is 1.69 bits per heavy atom. The minimum atomic E-state index is 0.308. The van der Waals surface area contributed by atoms with Crippen LogP contribution in [0.15, 0.2) is 47.4 Å². The highest BCUT2D eigenvalue weighted by Crippen LogP contribution is 2.28. The second-order valence-corrected chi connectivity index (χ2v) is 4.61. The van der Waals surface area contributed by atoms with E-state index >= 15 is 0 Å². The molecule has 0 fully saturated rings. The maximum atomic E-state index is 9.27.